The summed E-state index contributed by atoms with van der Waals surface area (Å²) in [5.41, 5.74) is 1.49. The first-order valence-corrected chi connectivity index (χ1v) is 12.1. The first kappa shape index (κ1) is 21.8. The smallest absolute Gasteiger partial charge is 0.254 e. The predicted octanol–water partition coefficient (Wildman–Crippen LogP) is 4.96. The lowest BCUT2D eigenvalue weighted by molar-refractivity contribution is -0.133. The number of rotatable bonds is 8. The molecule has 0 N–H and O–H groups in total. The van der Waals surface area contributed by atoms with Crippen molar-refractivity contribution in [1.82, 2.24) is 9.80 Å². The molecule has 0 radical (unpaired) electrons. The molecular weight excluding hydrogens is 460 g/mol. The number of hydrogen-bond donors (Lipinski definition) is 0. The number of nitrogens with zero attached hydrogens (tertiary/aromatic N) is 2. The molecule has 6 nitrogen and oxygen atoms in total. The minimum absolute atomic E-state index is 0.0437. The average molecular weight is 483 g/mol. The number of ether oxygens (including phenoxy) is 2. The number of hydrogen-bond acceptors (Lipinski definition) is 5. The molecule has 1 saturated carbocycles. The van der Waals surface area contributed by atoms with Gasteiger partial charge in [-0.25, -0.2) is 0 Å². The van der Waals surface area contributed by atoms with Gasteiger partial charge in [0.2, 0.25) is 12.7 Å². The van der Waals surface area contributed by atoms with Crippen LogP contribution in [-0.4, -0.2) is 41.0 Å². The zero-order valence-electron chi connectivity index (χ0n) is 17.9. The van der Waals surface area contributed by atoms with E-state index in [2.05, 4.69) is 0 Å². The van der Waals surface area contributed by atoms with E-state index in [-0.39, 0.29) is 31.2 Å². The van der Waals surface area contributed by atoms with Gasteiger partial charge in [0.25, 0.3) is 5.91 Å². The zero-order chi connectivity index (χ0) is 22.8. The highest BCUT2D eigenvalue weighted by atomic mass is 35.5. The molecule has 0 unspecified atom stereocenters. The Morgan fingerprint density at radius 1 is 1.00 bits per heavy atom. The van der Waals surface area contributed by atoms with Crippen LogP contribution in [0, 0.1) is 0 Å². The fourth-order valence-corrected chi connectivity index (χ4v) is 4.68. The monoisotopic (exact) mass is 482 g/mol. The van der Waals surface area contributed by atoms with Gasteiger partial charge in [0.1, 0.15) is 6.54 Å². The van der Waals surface area contributed by atoms with Gasteiger partial charge < -0.3 is 19.3 Å². The van der Waals surface area contributed by atoms with E-state index >= 15 is 0 Å². The second-order valence-corrected chi connectivity index (χ2v) is 9.66. The average Bonchev–Trinajstić information content (AvgIpc) is 3.32. The van der Waals surface area contributed by atoms with Crippen LogP contribution in [-0.2, 0) is 17.9 Å². The number of benzene rings is 2. The predicted molar refractivity (Wildman–Crippen MR) is 127 cm³/mol. The summed E-state index contributed by atoms with van der Waals surface area (Å²) < 4.78 is 10.9. The Morgan fingerprint density at radius 3 is 2.52 bits per heavy atom. The van der Waals surface area contributed by atoms with Crippen molar-refractivity contribution >= 4 is 34.8 Å². The van der Waals surface area contributed by atoms with Crippen LogP contribution in [0.3, 0.4) is 0 Å². The Hall–Kier alpha value is -3.03. The molecule has 0 bridgehead atoms. The van der Waals surface area contributed by atoms with Gasteiger partial charge in [0, 0.05) is 28.0 Å². The molecule has 8 heteroatoms. The highest BCUT2D eigenvalue weighted by molar-refractivity contribution is 7.09. The second kappa shape index (κ2) is 9.45. The summed E-state index contributed by atoms with van der Waals surface area (Å²) in [4.78, 5) is 31.3. The number of halogens is 1. The van der Waals surface area contributed by atoms with Gasteiger partial charge in [-0.1, -0.05) is 23.7 Å². The molecule has 0 atom stereocenters. The van der Waals surface area contributed by atoms with Crippen LogP contribution < -0.4 is 9.47 Å². The van der Waals surface area contributed by atoms with Gasteiger partial charge in [-0.2, -0.15) is 0 Å². The van der Waals surface area contributed by atoms with Crippen molar-refractivity contribution < 1.29 is 19.1 Å². The van der Waals surface area contributed by atoms with Crippen LogP contribution in [0.1, 0.15) is 33.6 Å². The maximum absolute atomic E-state index is 13.5. The maximum Gasteiger partial charge on any atom is 0.254 e. The van der Waals surface area contributed by atoms with Gasteiger partial charge in [-0.05, 0) is 66.2 Å². The minimum atomic E-state index is -0.137. The van der Waals surface area contributed by atoms with Crippen molar-refractivity contribution in [3.8, 4) is 11.5 Å². The first-order chi connectivity index (χ1) is 16.1. The van der Waals surface area contributed by atoms with Gasteiger partial charge in [-0.15, -0.1) is 11.3 Å². The second-order valence-electron chi connectivity index (χ2n) is 8.19. The van der Waals surface area contributed by atoms with Crippen molar-refractivity contribution in [3.63, 3.8) is 0 Å². The summed E-state index contributed by atoms with van der Waals surface area (Å²) in [5.74, 6) is 1.17. The van der Waals surface area contributed by atoms with Crippen molar-refractivity contribution in [2.24, 2.45) is 0 Å². The van der Waals surface area contributed by atoms with Crippen molar-refractivity contribution in [2.45, 2.75) is 32.0 Å². The zero-order valence-corrected chi connectivity index (χ0v) is 19.5. The Morgan fingerprint density at radius 2 is 1.79 bits per heavy atom. The number of amides is 2. The van der Waals surface area contributed by atoms with E-state index in [0.29, 0.717) is 35.2 Å². The molecule has 2 aliphatic rings. The fraction of sp³-hybridized carbons (Fsp3) is 0.280. The normalized spacial score (nSPS) is 14.2. The highest BCUT2D eigenvalue weighted by Crippen LogP contribution is 2.33. The molecule has 1 aromatic heterocycles. The summed E-state index contributed by atoms with van der Waals surface area (Å²) in [7, 11) is 0. The van der Waals surface area contributed by atoms with Crippen molar-refractivity contribution in [1.29, 1.82) is 0 Å². The van der Waals surface area contributed by atoms with Crippen LogP contribution >= 0.6 is 22.9 Å². The molecule has 1 aliphatic heterocycles. The quantitative estimate of drug-likeness (QED) is 0.455. The van der Waals surface area contributed by atoms with Gasteiger partial charge in [0.15, 0.2) is 11.5 Å². The van der Waals surface area contributed by atoms with E-state index in [9.17, 15) is 9.59 Å². The SMILES string of the molecule is O=C(CN(C(=O)c1ccc(Cl)cc1)C1CC1)N(Cc1ccc2c(c1)OCO2)Cc1cccs1. The fourth-order valence-electron chi connectivity index (χ4n) is 3.84. The number of carbonyl (C=O) groups excluding carboxylic acids is 2. The lowest BCUT2D eigenvalue weighted by Crippen LogP contribution is -2.43. The van der Waals surface area contributed by atoms with E-state index in [1.54, 1.807) is 45.4 Å². The van der Waals surface area contributed by atoms with Gasteiger partial charge >= 0.3 is 0 Å². The van der Waals surface area contributed by atoms with E-state index in [4.69, 9.17) is 21.1 Å². The molecule has 5 rings (SSSR count). The number of fused-ring (bicyclic) bond motifs is 1. The molecule has 170 valence electrons. The van der Waals surface area contributed by atoms with E-state index in [1.807, 2.05) is 35.7 Å². The molecule has 2 aromatic carbocycles. The van der Waals surface area contributed by atoms with Crippen LogP contribution in [0.15, 0.2) is 60.0 Å². The summed E-state index contributed by atoms with van der Waals surface area (Å²) in [6, 6.07) is 16.6. The van der Waals surface area contributed by atoms with Crippen LogP contribution in [0.5, 0.6) is 11.5 Å². The standard InChI is InChI=1S/C25H23ClN2O4S/c26-19-6-4-18(5-7-19)25(30)28(20-8-9-20)15-24(29)27(14-21-2-1-11-33-21)13-17-3-10-22-23(12-17)32-16-31-22/h1-7,10-12,20H,8-9,13-16H2. The third-order valence-electron chi connectivity index (χ3n) is 5.74. The lowest BCUT2D eigenvalue weighted by atomic mass is 10.1. The summed E-state index contributed by atoms with van der Waals surface area (Å²) in [6.07, 6.45) is 1.83. The van der Waals surface area contributed by atoms with Crippen LogP contribution in [0.25, 0.3) is 0 Å². The molecule has 1 fully saturated rings. The third-order valence-corrected chi connectivity index (χ3v) is 6.85. The summed E-state index contributed by atoms with van der Waals surface area (Å²) in [6.45, 7) is 1.15. The highest BCUT2D eigenvalue weighted by Gasteiger charge is 2.35. The Labute approximate surface area is 201 Å². The molecule has 2 amide bonds. The third kappa shape index (κ3) is 5.15. The van der Waals surface area contributed by atoms with E-state index in [0.717, 1.165) is 23.3 Å². The molecule has 3 aromatic rings. The lowest BCUT2D eigenvalue weighted by Gasteiger charge is -2.28. The number of carbonyl (C=O) groups is 2. The van der Waals surface area contributed by atoms with Crippen molar-refractivity contribution in [2.75, 3.05) is 13.3 Å². The summed E-state index contributed by atoms with van der Waals surface area (Å²) in [5, 5.41) is 2.57. The minimum Gasteiger partial charge on any atom is -0.454 e. The van der Waals surface area contributed by atoms with Crippen molar-refractivity contribution in [3.05, 3.63) is 81.0 Å². The van der Waals surface area contributed by atoms with E-state index < -0.39 is 0 Å². The molecule has 0 saturated heterocycles. The Balaban J connectivity index is 1.35. The molecule has 0 spiro atoms. The Kier molecular flexibility index (Phi) is 6.24. The first-order valence-electron chi connectivity index (χ1n) is 10.8. The largest absolute Gasteiger partial charge is 0.454 e. The molecular formula is C25H23ClN2O4S. The van der Waals surface area contributed by atoms with E-state index in [1.165, 1.54) is 0 Å². The van der Waals surface area contributed by atoms with Gasteiger partial charge in [-0.3, -0.25) is 9.59 Å². The van der Waals surface area contributed by atoms with Crippen LogP contribution in [0.2, 0.25) is 5.02 Å². The topological polar surface area (TPSA) is 59.1 Å². The molecule has 2 heterocycles. The number of thiophene rings is 1. The molecule has 1 aliphatic carbocycles. The Bertz CT molecular complexity index is 1150. The van der Waals surface area contributed by atoms with Gasteiger partial charge in [0.05, 0.1) is 6.54 Å². The molecule has 33 heavy (non-hydrogen) atoms. The van der Waals surface area contributed by atoms with Crippen LogP contribution in [0.4, 0.5) is 0 Å². The maximum atomic E-state index is 13.5. The summed E-state index contributed by atoms with van der Waals surface area (Å²) >= 11 is 7.58.